The molecule has 3 aromatic rings. The number of urea groups is 1. The van der Waals surface area contributed by atoms with Gasteiger partial charge >= 0.3 is 6.03 Å². The maximum absolute atomic E-state index is 12.5. The van der Waals surface area contributed by atoms with Crippen molar-refractivity contribution in [3.63, 3.8) is 0 Å². The highest BCUT2D eigenvalue weighted by molar-refractivity contribution is 6.33. The van der Waals surface area contributed by atoms with E-state index in [1.54, 1.807) is 29.3 Å². The van der Waals surface area contributed by atoms with Crippen molar-refractivity contribution in [3.8, 4) is 0 Å². The first-order valence-corrected chi connectivity index (χ1v) is 9.26. The second-order valence-electron chi connectivity index (χ2n) is 6.74. The molecule has 27 heavy (non-hydrogen) atoms. The van der Waals surface area contributed by atoms with Gasteiger partial charge in [0.05, 0.1) is 16.9 Å². The number of para-hydroxylation sites is 1. The van der Waals surface area contributed by atoms with E-state index in [1.807, 2.05) is 29.8 Å². The molecule has 0 saturated carbocycles. The van der Waals surface area contributed by atoms with E-state index >= 15 is 0 Å². The molecule has 1 aromatic carbocycles. The monoisotopic (exact) mass is 385 g/mol. The Hall–Kier alpha value is -2.80. The van der Waals surface area contributed by atoms with Crippen molar-refractivity contribution >= 4 is 29.0 Å². The molecule has 0 spiro atoms. The number of hydrogen-bond acceptors (Lipinski definition) is 3. The summed E-state index contributed by atoms with van der Waals surface area (Å²) < 4.78 is 3.41. The van der Waals surface area contributed by atoms with Crippen molar-refractivity contribution in [1.82, 2.24) is 19.1 Å². The van der Waals surface area contributed by atoms with Crippen molar-refractivity contribution in [2.24, 2.45) is 7.05 Å². The molecule has 8 heteroatoms. The van der Waals surface area contributed by atoms with Crippen LogP contribution in [0.15, 0.2) is 47.4 Å². The van der Waals surface area contributed by atoms with E-state index in [0.717, 1.165) is 24.2 Å². The van der Waals surface area contributed by atoms with E-state index in [9.17, 15) is 9.59 Å². The number of carbonyl (C=O) groups excluding carboxylic acids is 1. The number of carbonyl (C=O) groups is 1. The molecule has 7 nitrogen and oxygen atoms in total. The van der Waals surface area contributed by atoms with Gasteiger partial charge in [0.2, 0.25) is 0 Å². The normalized spacial score (nSPS) is 15.3. The molecule has 2 amide bonds. The highest BCUT2D eigenvalue weighted by Gasteiger charge is 2.26. The Morgan fingerprint density at radius 1 is 1.22 bits per heavy atom. The van der Waals surface area contributed by atoms with Crippen molar-refractivity contribution in [2.45, 2.75) is 18.8 Å². The van der Waals surface area contributed by atoms with E-state index in [0.29, 0.717) is 23.8 Å². The Bertz CT molecular complexity index is 1050. The van der Waals surface area contributed by atoms with Gasteiger partial charge in [0.15, 0.2) is 0 Å². The van der Waals surface area contributed by atoms with Crippen molar-refractivity contribution in [2.75, 3.05) is 18.4 Å². The third-order valence-corrected chi connectivity index (χ3v) is 5.48. The van der Waals surface area contributed by atoms with Gasteiger partial charge in [-0.15, -0.1) is 0 Å². The van der Waals surface area contributed by atoms with E-state index in [-0.39, 0.29) is 17.5 Å². The van der Waals surface area contributed by atoms with E-state index in [4.69, 9.17) is 11.6 Å². The molecular formula is C19H20ClN5O2. The summed E-state index contributed by atoms with van der Waals surface area (Å²) in [5.41, 5.74) is 2.25. The maximum Gasteiger partial charge on any atom is 0.321 e. The Morgan fingerprint density at radius 2 is 1.96 bits per heavy atom. The van der Waals surface area contributed by atoms with Gasteiger partial charge in [0, 0.05) is 43.9 Å². The molecule has 0 radical (unpaired) electrons. The van der Waals surface area contributed by atoms with Crippen LogP contribution in [0.25, 0.3) is 5.65 Å². The summed E-state index contributed by atoms with van der Waals surface area (Å²) in [4.78, 5) is 26.6. The maximum atomic E-state index is 12.5. The molecule has 1 fully saturated rings. The Kier molecular flexibility index (Phi) is 4.61. The molecule has 140 valence electrons. The van der Waals surface area contributed by atoms with Crippen LogP contribution in [0.5, 0.6) is 0 Å². The Labute approximate surface area is 161 Å². The van der Waals surface area contributed by atoms with E-state index in [1.165, 1.54) is 4.52 Å². The van der Waals surface area contributed by atoms with Crippen molar-refractivity contribution < 1.29 is 4.79 Å². The fraction of sp³-hybridized carbons (Fsp3) is 0.316. The number of likely N-dealkylation sites (tertiary alicyclic amines) is 1. The second-order valence-corrected chi connectivity index (χ2v) is 7.15. The number of nitrogens with one attached hydrogen (secondary N) is 1. The average molecular weight is 386 g/mol. The third kappa shape index (κ3) is 3.30. The van der Waals surface area contributed by atoms with E-state index < -0.39 is 0 Å². The number of fused-ring (bicyclic) bond motifs is 1. The fourth-order valence-corrected chi connectivity index (χ4v) is 3.85. The number of piperidine rings is 1. The van der Waals surface area contributed by atoms with Crippen LogP contribution in [0.2, 0.25) is 5.02 Å². The Morgan fingerprint density at radius 3 is 2.70 bits per heavy atom. The predicted octanol–water partition coefficient (Wildman–Crippen LogP) is 3.10. The largest absolute Gasteiger partial charge is 0.333 e. The SMILES string of the molecule is Cn1c(C2CCN(C(=O)Nc3ccccc3Cl)CC2)cc(=O)n2nccc12. The number of halogens is 1. The van der Waals surface area contributed by atoms with Gasteiger partial charge in [0.25, 0.3) is 5.56 Å². The quantitative estimate of drug-likeness (QED) is 0.736. The molecular weight excluding hydrogens is 366 g/mol. The zero-order valence-electron chi connectivity index (χ0n) is 14.9. The Balaban J connectivity index is 1.46. The van der Waals surface area contributed by atoms with Crippen molar-refractivity contribution in [3.05, 3.63) is 63.7 Å². The van der Waals surface area contributed by atoms with Gasteiger partial charge in [-0.05, 0) is 25.0 Å². The molecule has 1 aliphatic rings. The number of rotatable bonds is 2. The molecule has 0 atom stereocenters. The first-order valence-electron chi connectivity index (χ1n) is 8.89. The first-order chi connectivity index (χ1) is 13.0. The van der Waals surface area contributed by atoms with Gasteiger partial charge in [-0.2, -0.15) is 9.61 Å². The van der Waals surface area contributed by atoms with Crippen LogP contribution in [0.3, 0.4) is 0 Å². The zero-order chi connectivity index (χ0) is 19.0. The minimum atomic E-state index is -0.151. The lowest BCUT2D eigenvalue weighted by atomic mass is 9.93. The molecule has 0 unspecified atom stereocenters. The topological polar surface area (TPSA) is 71.6 Å². The molecule has 0 bridgehead atoms. The first kappa shape index (κ1) is 17.6. The van der Waals surface area contributed by atoms with Crippen LogP contribution in [-0.2, 0) is 7.05 Å². The summed E-state index contributed by atoms with van der Waals surface area (Å²) in [6.45, 7) is 1.25. The highest BCUT2D eigenvalue weighted by atomic mass is 35.5. The summed E-state index contributed by atoms with van der Waals surface area (Å²) in [6, 6.07) is 10.5. The minimum Gasteiger partial charge on any atom is -0.333 e. The average Bonchev–Trinajstić information content (AvgIpc) is 3.17. The molecule has 0 aliphatic carbocycles. The smallest absolute Gasteiger partial charge is 0.321 e. The number of anilines is 1. The van der Waals surface area contributed by atoms with Crippen LogP contribution < -0.4 is 10.9 Å². The summed E-state index contributed by atoms with van der Waals surface area (Å²) in [7, 11) is 1.95. The third-order valence-electron chi connectivity index (χ3n) is 5.15. The van der Waals surface area contributed by atoms with Gasteiger partial charge in [0.1, 0.15) is 5.65 Å². The molecule has 1 saturated heterocycles. The number of aryl methyl sites for hydroxylation is 1. The molecule has 1 aliphatic heterocycles. The number of benzene rings is 1. The van der Waals surface area contributed by atoms with Crippen LogP contribution in [0, 0.1) is 0 Å². The van der Waals surface area contributed by atoms with Crippen LogP contribution in [0.1, 0.15) is 24.5 Å². The van der Waals surface area contributed by atoms with Gasteiger partial charge in [-0.1, -0.05) is 23.7 Å². The van der Waals surface area contributed by atoms with Gasteiger partial charge < -0.3 is 14.8 Å². The fourth-order valence-electron chi connectivity index (χ4n) is 3.66. The molecule has 2 aromatic heterocycles. The second kappa shape index (κ2) is 7.08. The van der Waals surface area contributed by atoms with Crippen LogP contribution in [0.4, 0.5) is 10.5 Å². The predicted molar refractivity (Wildman–Crippen MR) is 104 cm³/mol. The number of aromatic nitrogens is 3. The van der Waals surface area contributed by atoms with Crippen LogP contribution >= 0.6 is 11.6 Å². The molecule has 4 rings (SSSR count). The lowest BCUT2D eigenvalue weighted by Gasteiger charge is -2.33. The number of hydrogen-bond donors (Lipinski definition) is 1. The lowest BCUT2D eigenvalue weighted by Crippen LogP contribution is -2.41. The van der Waals surface area contributed by atoms with Gasteiger partial charge in [-0.3, -0.25) is 4.79 Å². The van der Waals surface area contributed by atoms with Crippen molar-refractivity contribution in [1.29, 1.82) is 0 Å². The molecule has 1 N–H and O–H groups in total. The number of amides is 2. The highest BCUT2D eigenvalue weighted by Crippen LogP contribution is 2.28. The molecule has 3 heterocycles. The summed E-state index contributed by atoms with van der Waals surface area (Å²) in [5, 5.41) is 7.44. The lowest BCUT2D eigenvalue weighted by molar-refractivity contribution is 0.193. The summed E-state index contributed by atoms with van der Waals surface area (Å²) in [6.07, 6.45) is 3.23. The zero-order valence-corrected chi connectivity index (χ0v) is 15.7. The van der Waals surface area contributed by atoms with Gasteiger partial charge in [-0.25, -0.2) is 4.79 Å². The van der Waals surface area contributed by atoms with E-state index in [2.05, 4.69) is 10.4 Å². The van der Waals surface area contributed by atoms with Crippen LogP contribution in [-0.4, -0.2) is 38.2 Å². The number of nitrogens with zero attached hydrogens (tertiary/aromatic N) is 4. The standard InChI is InChI=1S/C19H20ClN5O2/c1-23-16(12-18(26)25-17(23)6-9-21-25)13-7-10-24(11-8-13)19(27)22-15-5-3-2-4-14(15)20/h2-6,9,12-13H,7-8,10-11H2,1H3,(H,22,27). The summed E-state index contributed by atoms with van der Waals surface area (Å²) >= 11 is 6.11. The summed E-state index contributed by atoms with van der Waals surface area (Å²) in [5.74, 6) is 0.229. The minimum absolute atomic E-state index is 0.123.